The second kappa shape index (κ2) is 3.09. The van der Waals surface area contributed by atoms with Crippen LogP contribution in [0.15, 0.2) is 18.2 Å². The Morgan fingerprint density at radius 3 is 3.00 bits per heavy atom. The van der Waals surface area contributed by atoms with E-state index in [1.165, 1.54) is 0 Å². The lowest BCUT2D eigenvalue weighted by atomic mass is 10.1. The van der Waals surface area contributed by atoms with Gasteiger partial charge in [-0.25, -0.2) is 0 Å². The van der Waals surface area contributed by atoms with Crippen molar-refractivity contribution in [2.24, 2.45) is 0 Å². The van der Waals surface area contributed by atoms with Crippen molar-refractivity contribution in [2.45, 2.75) is 19.3 Å². The van der Waals surface area contributed by atoms with E-state index in [0.29, 0.717) is 6.42 Å². The number of carbonyl (C=O) groups excluding carboxylic acids is 1. The number of benzene rings is 1. The van der Waals surface area contributed by atoms with Gasteiger partial charge in [0.05, 0.1) is 0 Å². The minimum absolute atomic E-state index is 0.100. The van der Waals surface area contributed by atoms with E-state index in [-0.39, 0.29) is 5.91 Å². The lowest BCUT2D eigenvalue weighted by molar-refractivity contribution is -0.116. The van der Waals surface area contributed by atoms with Crippen LogP contribution < -0.4 is 11.1 Å². The summed E-state index contributed by atoms with van der Waals surface area (Å²) < 4.78 is 0. The molecule has 1 aromatic carbocycles. The lowest BCUT2D eigenvalue weighted by Gasteiger charge is -2.06. The molecule has 0 aromatic heterocycles. The van der Waals surface area contributed by atoms with Crippen molar-refractivity contribution < 1.29 is 4.79 Å². The maximum Gasteiger partial charge on any atom is 0.224 e. The van der Waals surface area contributed by atoms with Crippen LogP contribution in [0, 0.1) is 0 Å². The zero-order valence-electron chi connectivity index (χ0n) is 7.34. The van der Waals surface area contributed by atoms with Gasteiger partial charge in [0.15, 0.2) is 0 Å². The van der Waals surface area contributed by atoms with Gasteiger partial charge in [0.25, 0.3) is 0 Å². The summed E-state index contributed by atoms with van der Waals surface area (Å²) in [4.78, 5) is 11.2. The fourth-order valence-electron chi connectivity index (χ4n) is 1.59. The van der Waals surface area contributed by atoms with Crippen LogP contribution in [0.3, 0.4) is 0 Å². The first-order valence-electron chi connectivity index (χ1n) is 4.44. The molecule has 1 aromatic rings. The number of hydrogen-bond donors (Lipinski definition) is 2. The van der Waals surface area contributed by atoms with Crippen molar-refractivity contribution in [1.29, 1.82) is 0 Å². The topological polar surface area (TPSA) is 55.1 Å². The van der Waals surface area contributed by atoms with Gasteiger partial charge in [-0.15, -0.1) is 0 Å². The van der Waals surface area contributed by atoms with Crippen molar-refractivity contribution in [1.82, 2.24) is 0 Å². The first-order chi connectivity index (χ1) is 6.25. The van der Waals surface area contributed by atoms with Gasteiger partial charge in [-0.3, -0.25) is 4.79 Å². The quantitative estimate of drug-likeness (QED) is 0.589. The molecule has 0 aliphatic carbocycles. The normalized spacial score (nSPS) is 15.8. The van der Waals surface area contributed by atoms with Gasteiger partial charge in [0.2, 0.25) is 5.91 Å². The van der Waals surface area contributed by atoms with Crippen molar-refractivity contribution >= 4 is 17.3 Å². The van der Waals surface area contributed by atoms with Gasteiger partial charge in [-0.05, 0) is 36.6 Å². The molecule has 3 heteroatoms. The third-order valence-electron chi connectivity index (χ3n) is 2.25. The van der Waals surface area contributed by atoms with Gasteiger partial charge >= 0.3 is 0 Å². The monoisotopic (exact) mass is 176 g/mol. The Kier molecular flexibility index (Phi) is 1.93. The highest BCUT2D eigenvalue weighted by Gasteiger charge is 2.11. The van der Waals surface area contributed by atoms with Crippen LogP contribution in [0.2, 0.25) is 0 Å². The number of nitrogen functional groups attached to an aromatic ring is 1. The number of anilines is 2. The molecule has 0 fully saturated rings. The predicted molar refractivity (Wildman–Crippen MR) is 52.4 cm³/mol. The maximum absolute atomic E-state index is 11.2. The average Bonchev–Trinajstić information content (AvgIpc) is 2.25. The number of nitrogens with one attached hydrogen (secondary N) is 1. The highest BCUT2D eigenvalue weighted by Crippen LogP contribution is 2.23. The Bertz CT molecular complexity index is 347. The van der Waals surface area contributed by atoms with E-state index in [0.717, 1.165) is 29.8 Å². The number of rotatable bonds is 0. The number of nitrogens with two attached hydrogens (primary N) is 1. The van der Waals surface area contributed by atoms with Crippen LogP contribution in [0.1, 0.15) is 18.4 Å². The molecule has 3 N–H and O–H groups in total. The number of hydrogen-bond acceptors (Lipinski definition) is 2. The van der Waals surface area contributed by atoms with Crippen LogP contribution in [0.25, 0.3) is 0 Å². The molecule has 0 unspecified atom stereocenters. The molecule has 0 radical (unpaired) electrons. The predicted octanol–water partition coefficient (Wildman–Crippen LogP) is 1.54. The van der Waals surface area contributed by atoms with Gasteiger partial charge < -0.3 is 11.1 Å². The number of fused-ring (bicyclic) bond motifs is 1. The molecule has 1 amide bonds. The Hall–Kier alpha value is -1.51. The van der Waals surface area contributed by atoms with E-state index in [9.17, 15) is 4.79 Å². The molecule has 3 nitrogen and oxygen atoms in total. The summed E-state index contributed by atoms with van der Waals surface area (Å²) in [6.07, 6.45) is 2.44. The molecule has 2 rings (SSSR count). The van der Waals surface area contributed by atoms with Crippen LogP contribution in [-0.2, 0) is 11.2 Å². The van der Waals surface area contributed by atoms with Crippen molar-refractivity contribution in [3.63, 3.8) is 0 Å². The Balaban J connectivity index is 2.40. The number of aryl methyl sites for hydroxylation is 1. The summed E-state index contributed by atoms with van der Waals surface area (Å²) >= 11 is 0. The summed E-state index contributed by atoms with van der Waals surface area (Å²) in [5, 5.41) is 2.86. The molecule has 0 saturated carbocycles. The molecule has 1 aliphatic rings. The molecule has 13 heavy (non-hydrogen) atoms. The summed E-state index contributed by atoms with van der Waals surface area (Å²) in [6.45, 7) is 0. The summed E-state index contributed by atoms with van der Waals surface area (Å²) in [7, 11) is 0. The maximum atomic E-state index is 11.2. The highest BCUT2D eigenvalue weighted by atomic mass is 16.1. The van der Waals surface area contributed by atoms with Crippen molar-refractivity contribution in [3.05, 3.63) is 23.8 Å². The molecule has 68 valence electrons. The summed E-state index contributed by atoms with van der Waals surface area (Å²) in [5.74, 6) is 0.100. The van der Waals surface area contributed by atoms with Crippen molar-refractivity contribution in [2.75, 3.05) is 11.1 Å². The van der Waals surface area contributed by atoms with E-state index in [1.54, 1.807) is 0 Å². The fraction of sp³-hybridized carbons (Fsp3) is 0.300. The highest BCUT2D eigenvalue weighted by molar-refractivity contribution is 5.92. The molecule has 1 heterocycles. The summed E-state index contributed by atoms with van der Waals surface area (Å²) in [5.41, 5.74) is 8.47. The van der Waals surface area contributed by atoms with E-state index in [2.05, 4.69) is 5.32 Å². The molecular weight excluding hydrogens is 164 g/mol. The fourth-order valence-corrected chi connectivity index (χ4v) is 1.59. The second-order valence-corrected chi connectivity index (χ2v) is 3.32. The van der Waals surface area contributed by atoms with E-state index < -0.39 is 0 Å². The molecule has 1 aliphatic heterocycles. The molecule has 0 saturated heterocycles. The van der Waals surface area contributed by atoms with Crippen LogP contribution >= 0.6 is 0 Å². The van der Waals surface area contributed by atoms with E-state index >= 15 is 0 Å². The minimum atomic E-state index is 0.100. The zero-order valence-corrected chi connectivity index (χ0v) is 7.34. The summed E-state index contributed by atoms with van der Waals surface area (Å²) in [6, 6.07) is 5.61. The standard InChI is InChI=1S/C10H12N2O/c11-8-4-5-9-7(6-8)2-1-3-10(13)12-9/h4-6H,1-3,11H2,(H,12,13). The van der Waals surface area contributed by atoms with Crippen molar-refractivity contribution in [3.8, 4) is 0 Å². The largest absolute Gasteiger partial charge is 0.399 e. The SMILES string of the molecule is Nc1ccc2c(c1)CCCC(=O)N2. The van der Waals surface area contributed by atoms with Crippen LogP contribution in [-0.4, -0.2) is 5.91 Å². The average molecular weight is 176 g/mol. The molecule has 0 spiro atoms. The van der Waals surface area contributed by atoms with E-state index in [1.807, 2.05) is 18.2 Å². The van der Waals surface area contributed by atoms with E-state index in [4.69, 9.17) is 5.73 Å². The minimum Gasteiger partial charge on any atom is -0.399 e. The van der Waals surface area contributed by atoms with Gasteiger partial charge in [-0.2, -0.15) is 0 Å². The zero-order chi connectivity index (χ0) is 9.26. The smallest absolute Gasteiger partial charge is 0.224 e. The molecule has 0 bridgehead atoms. The second-order valence-electron chi connectivity index (χ2n) is 3.32. The Morgan fingerprint density at radius 1 is 1.31 bits per heavy atom. The third-order valence-corrected chi connectivity index (χ3v) is 2.25. The van der Waals surface area contributed by atoms with Gasteiger partial charge in [0.1, 0.15) is 0 Å². The number of carbonyl (C=O) groups is 1. The number of amides is 1. The first-order valence-corrected chi connectivity index (χ1v) is 4.44. The lowest BCUT2D eigenvalue weighted by Crippen LogP contribution is -2.09. The van der Waals surface area contributed by atoms with Crippen LogP contribution in [0.5, 0.6) is 0 Å². The van der Waals surface area contributed by atoms with Gasteiger partial charge in [-0.1, -0.05) is 0 Å². The van der Waals surface area contributed by atoms with Gasteiger partial charge in [0, 0.05) is 17.8 Å². The Morgan fingerprint density at radius 2 is 2.15 bits per heavy atom. The molecule has 0 atom stereocenters. The first kappa shape index (κ1) is 8.10. The van der Waals surface area contributed by atoms with Crippen LogP contribution in [0.4, 0.5) is 11.4 Å². The molecular formula is C10H12N2O. The Labute approximate surface area is 76.9 Å². The third kappa shape index (κ3) is 1.64.